The smallest absolute Gasteiger partial charge is 0.273 e. The van der Waals surface area contributed by atoms with E-state index in [1.165, 1.54) is 11.3 Å². The van der Waals surface area contributed by atoms with E-state index in [1.807, 2.05) is 17.9 Å². The van der Waals surface area contributed by atoms with Crippen LogP contribution in [0.3, 0.4) is 0 Å². The van der Waals surface area contributed by atoms with Crippen LogP contribution in [0.25, 0.3) is 10.6 Å². The van der Waals surface area contributed by atoms with E-state index in [-0.39, 0.29) is 11.9 Å². The predicted octanol–water partition coefficient (Wildman–Crippen LogP) is 4.32. The Morgan fingerprint density at radius 3 is 2.92 bits per heavy atom. The number of nitrogens with two attached hydrogens (primary N) is 1. The average Bonchev–Trinajstić information content (AvgIpc) is 3.06. The molecule has 1 saturated heterocycles. The molecule has 2 aromatic rings. The lowest BCUT2D eigenvalue weighted by Gasteiger charge is -2.34. The summed E-state index contributed by atoms with van der Waals surface area (Å²) in [5.74, 6) is 0.332. The van der Waals surface area contributed by atoms with E-state index in [2.05, 4.69) is 4.98 Å². The van der Waals surface area contributed by atoms with Gasteiger partial charge in [-0.15, -0.1) is 11.3 Å². The van der Waals surface area contributed by atoms with Crippen molar-refractivity contribution in [2.75, 3.05) is 13.1 Å². The molecule has 1 aromatic carbocycles. The number of nitrogens with zero attached hydrogens (tertiary/aromatic N) is 2. The summed E-state index contributed by atoms with van der Waals surface area (Å²) in [4.78, 5) is 19.1. The first-order valence-corrected chi connectivity index (χ1v) is 9.55. The van der Waals surface area contributed by atoms with Crippen molar-refractivity contribution in [1.82, 2.24) is 9.88 Å². The van der Waals surface area contributed by atoms with Crippen molar-refractivity contribution in [1.29, 1.82) is 0 Å². The van der Waals surface area contributed by atoms with Gasteiger partial charge in [0.1, 0.15) is 10.7 Å². The molecule has 7 heteroatoms. The molecular weight excluding hydrogens is 365 g/mol. The van der Waals surface area contributed by atoms with Crippen molar-refractivity contribution in [2.24, 2.45) is 11.7 Å². The zero-order valence-corrected chi connectivity index (χ0v) is 15.7. The lowest BCUT2D eigenvalue weighted by molar-refractivity contribution is 0.0656. The first kappa shape index (κ1) is 17.7. The van der Waals surface area contributed by atoms with E-state index in [4.69, 9.17) is 28.9 Å². The number of likely N-dealkylation sites (tertiary alicyclic amines) is 1. The van der Waals surface area contributed by atoms with Crippen LogP contribution in [0, 0.1) is 5.92 Å². The number of halogens is 2. The Labute approximate surface area is 155 Å². The fraction of sp³-hybridized carbons (Fsp3) is 0.412. The second-order valence-electron chi connectivity index (χ2n) is 6.18. The number of piperidine rings is 1. The molecule has 1 aromatic heterocycles. The maximum absolute atomic E-state index is 12.7. The summed E-state index contributed by atoms with van der Waals surface area (Å²) in [6.07, 6.45) is 2.06. The summed E-state index contributed by atoms with van der Waals surface area (Å²) in [6, 6.07) is 5.46. The number of hydrogen-bond donors (Lipinski definition) is 1. The highest BCUT2D eigenvalue weighted by Gasteiger charge is 2.27. The Kier molecular flexibility index (Phi) is 5.45. The second kappa shape index (κ2) is 7.40. The van der Waals surface area contributed by atoms with Gasteiger partial charge in [0, 0.05) is 30.1 Å². The van der Waals surface area contributed by atoms with Gasteiger partial charge in [0.25, 0.3) is 5.91 Å². The van der Waals surface area contributed by atoms with Crippen LogP contribution in [0.5, 0.6) is 0 Å². The van der Waals surface area contributed by atoms with Crippen molar-refractivity contribution in [3.05, 3.63) is 39.3 Å². The van der Waals surface area contributed by atoms with E-state index in [9.17, 15) is 4.79 Å². The summed E-state index contributed by atoms with van der Waals surface area (Å²) in [5, 5.41) is 3.55. The highest BCUT2D eigenvalue weighted by Crippen LogP contribution is 2.31. The maximum Gasteiger partial charge on any atom is 0.273 e. The summed E-state index contributed by atoms with van der Waals surface area (Å²) >= 11 is 13.4. The Balaban J connectivity index is 1.77. The number of amides is 1. The SMILES string of the molecule is CC(N)C1CCCN(C(=O)c2csc(-c3ccc(Cl)c(Cl)c3)n2)C1. The van der Waals surface area contributed by atoms with Crippen molar-refractivity contribution >= 4 is 40.4 Å². The van der Waals surface area contributed by atoms with Crippen molar-refractivity contribution in [3.63, 3.8) is 0 Å². The van der Waals surface area contributed by atoms with Gasteiger partial charge in [-0.2, -0.15) is 0 Å². The van der Waals surface area contributed by atoms with Crippen LogP contribution in [0.4, 0.5) is 0 Å². The molecule has 0 saturated carbocycles. The van der Waals surface area contributed by atoms with Gasteiger partial charge >= 0.3 is 0 Å². The Morgan fingerprint density at radius 1 is 1.42 bits per heavy atom. The molecular formula is C17H19Cl2N3OS. The molecule has 3 rings (SSSR count). The first-order valence-electron chi connectivity index (χ1n) is 7.91. The van der Waals surface area contributed by atoms with Gasteiger partial charge in [0.15, 0.2) is 0 Å². The van der Waals surface area contributed by atoms with E-state index in [0.29, 0.717) is 28.2 Å². The third kappa shape index (κ3) is 3.75. The number of benzene rings is 1. The predicted molar refractivity (Wildman–Crippen MR) is 99.8 cm³/mol. The Hall–Kier alpha value is -1.14. The second-order valence-corrected chi connectivity index (χ2v) is 7.85. The average molecular weight is 384 g/mol. The summed E-state index contributed by atoms with van der Waals surface area (Å²) < 4.78 is 0. The summed E-state index contributed by atoms with van der Waals surface area (Å²) in [6.45, 7) is 3.47. The number of aromatic nitrogens is 1. The van der Waals surface area contributed by atoms with Gasteiger partial charge in [-0.1, -0.05) is 29.3 Å². The highest BCUT2D eigenvalue weighted by molar-refractivity contribution is 7.13. The Bertz CT molecular complexity index is 747. The largest absolute Gasteiger partial charge is 0.337 e. The third-order valence-electron chi connectivity index (χ3n) is 4.38. The van der Waals surface area contributed by atoms with E-state index >= 15 is 0 Å². The topological polar surface area (TPSA) is 59.2 Å². The van der Waals surface area contributed by atoms with Gasteiger partial charge < -0.3 is 10.6 Å². The molecule has 1 fully saturated rings. The monoisotopic (exact) mass is 383 g/mol. The van der Waals surface area contributed by atoms with Crippen LogP contribution < -0.4 is 5.73 Å². The molecule has 1 aliphatic heterocycles. The number of hydrogen-bond acceptors (Lipinski definition) is 4. The molecule has 24 heavy (non-hydrogen) atoms. The molecule has 2 N–H and O–H groups in total. The molecule has 2 unspecified atom stereocenters. The van der Waals surface area contributed by atoms with Crippen LogP contribution in [-0.4, -0.2) is 34.9 Å². The standard InChI is InChI=1S/C17H19Cl2N3OS/c1-10(20)12-3-2-6-22(8-12)17(23)15-9-24-16(21-15)11-4-5-13(18)14(19)7-11/h4-5,7,9-10,12H,2-3,6,8,20H2,1H3. The van der Waals surface area contributed by atoms with Crippen molar-refractivity contribution in [3.8, 4) is 10.6 Å². The number of carbonyl (C=O) groups excluding carboxylic acids is 1. The minimum Gasteiger partial charge on any atom is -0.337 e. The summed E-state index contributed by atoms with van der Waals surface area (Å²) in [5.41, 5.74) is 7.34. The summed E-state index contributed by atoms with van der Waals surface area (Å²) in [7, 11) is 0. The van der Waals surface area contributed by atoms with Crippen LogP contribution in [0.2, 0.25) is 10.0 Å². The van der Waals surface area contributed by atoms with Crippen LogP contribution in [0.1, 0.15) is 30.3 Å². The van der Waals surface area contributed by atoms with Crippen LogP contribution in [-0.2, 0) is 0 Å². The minimum atomic E-state index is -0.0251. The molecule has 2 atom stereocenters. The number of rotatable bonds is 3. The van der Waals surface area contributed by atoms with Gasteiger partial charge in [-0.3, -0.25) is 4.79 Å². The molecule has 0 spiro atoms. The fourth-order valence-electron chi connectivity index (χ4n) is 2.92. The number of thiazole rings is 1. The fourth-order valence-corrected chi connectivity index (χ4v) is 4.01. The van der Waals surface area contributed by atoms with Crippen LogP contribution >= 0.6 is 34.5 Å². The highest BCUT2D eigenvalue weighted by atomic mass is 35.5. The third-order valence-corrected chi connectivity index (χ3v) is 6.01. The number of carbonyl (C=O) groups is 1. The zero-order valence-electron chi connectivity index (χ0n) is 13.3. The molecule has 0 radical (unpaired) electrons. The quantitative estimate of drug-likeness (QED) is 0.858. The molecule has 1 amide bonds. The lowest BCUT2D eigenvalue weighted by Crippen LogP contribution is -2.45. The molecule has 4 nitrogen and oxygen atoms in total. The van der Waals surface area contributed by atoms with E-state index in [0.717, 1.165) is 30.0 Å². The maximum atomic E-state index is 12.7. The minimum absolute atomic E-state index is 0.0251. The molecule has 128 valence electrons. The normalized spacial score (nSPS) is 19.3. The Morgan fingerprint density at radius 2 is 2.21 bits per heavy atom. The molecule has 0 aliphatic carbocycles. The van der Waals surface area contributed by atoms with Gasteiger partial charge in [0.05, 0.1) is 10.0 Å². The molecule has 0 bridgehead atoms. The first-order chi connectivity index (χ1) is 11.5. The van der Waals surface area contributed by atoms with E-state index in [1.54, 1.807) is 17.5 Å². The molecule has 2 heterocycles. The van der Waals surface area contributed by atoms with Crippen molar-refractivity contribution in [2.45, 2.75) is 25.8 Å². The zero-order chi connectivity index (χ0) is 17.3. The van der Waals surface area contributed by atoms with Gasteiger partial charge in [-0.05, 0) is 37.8 Å². The van der Waals surface area contributed by atoms with Gasteiger partial charge in [0.2, 0.25) is 0 Å². The van der Waals surface area contributed by atoms with Gasteiger partial charge in [-0.25, -0.2) is 4.98 Å². The van der Waals surface area contributed by atoms with Crippen LogP contribution in [0.15, 0.2) is 23.6 Å². The van der Waals surface area contributed by atoms with Crippen molar-refractivity contribution < 1.29 is 4.79 Å². The van der Waals surface area contributed by atoms with E-state index < -0.39 is 0 Å². The lowest BCUT2D eigenvalue weighted by atomic mass is 9.92. The molecule has 1 aliphatic rings.